The van der Waals surface area contributed by atoms with Crippen molar-refractivity contribution in [1.82, 2.24) is 44.1 Å². The summed E-state index contributed by atoms with van der Waals surface area (Å²) in [5.41, 5.74) is 4.77. The maximum absolute atomic E-state index is 13.7. The van der Waals surface area contributed by atoms with E-state index in [1.54, 1.807) is 23.8 Å². The Labute approximate surface area is 272 Å². The zero-order valence-electron chi connectivity index (χ0n) is 27.3. The molecule has 7 rings (SSSR count). The summed E-state index contributed by atoms with van der Waals surface area (Å²) >= 11 is 0. The number of likely N-dealkylation sites (tertiary alicyclic amines) is 1. The molecule has 0 aromatic carbocycles. The molecule has 1 N–H and O–H groups in total. The Kier molecular flexibility index (Phi) is 8.06. The summed E-state index contributed by atoms with van der Waals surface area (Å²) in [5.74, 6) is 1.12. The number of pyridine rings is 2. The summed E-state index contributed by atoms with van der Waals surface area (Å²) in [5, 5.41) is 16.7. The van der Waals surface area contributed by atoms with Crippen LogP contribution < -0.4 is 10.1 Å². The molecule has 246 valence electrons. The van der Waals surface area contributed by atoms with Crippen molar-refractivity contribution >= 4 is 28.4 Å². The molecule has 5 aromatic heterocycles. The van der Waals surface area contributed by atoms with Crippen LogP contribution in [0.3, 0.4) is 0 Å². The van der Waals surface area contributed by atoms with Gasteiger partial charge in [0.15, 0.2) is 0 Å². The van der Waals surface area contributed by atoms with Crippen molar-refractivity contribution in [2.24, 2.45) is 5.92 Å². The fourth-order valence-corrected chi connectivity index (χ4v) is 6.30. The van der Waals surface area contributed by atoms with Crippen LogP contribution in [0, 0.1) is 12.8 Å². The number of fused-ring (bicyclic) bond motifs is 2. The monoisotopic (exact) mass is 639 g/mol. The normalized spacial score (nSPS) is 16.9. The van der Waals surface area contributed by atoms with E-state index in [2.05, 4.69) is 38.1 Å². The SMILES string of the molecule is Cc1c(-c2cc3ccnc(OCCn4cnnc4)c3n2CC2CC2)nn2cc(C(=O)N3CCC[C@@H](NC(=O)OC(C)(C)C)C3)ccc12. The predicted molar refractivity (Wildman–Crippen MR) is 175 cm³/mol. The number of carbonyl (C=O) groups is 2. The van der Waals surface area contributed by atoms with Gasteiger partial charge in [-0.15, -0.1) is 10.2 Å². The van der Waals surface area contributed by atoms with Gasteiger partial charge in [-0.25, -0.2) is 14.3 Å². The van der Waals surface area contributed by atoms with Gasteiger partial charge in [-0.3, -0.25) is 4.79 Å². The van der Waals surface area contributed by atoms with Crippen LogP contribution in [0.5, 0.6) is 5.88 Å². The quantitative estimate of drug-likeness (QED) is 0.242. The Morgan fingerprint density at radius 2 is 1.89 bits per heavy atom. The Morgan fingerprint density at radius 1 is 1.09 bits per heavy atom. The second-order valence-corrected chi connectivity index (χ2v) is 13.6. The zero-order valence-corrected chi connectivity index (χ0v) is 27.3. The highest BCUT2D eigenvalue weighted by atomic mass is 16.6. The fourth-order valence-electron chi connectivity index (χ4n) is 6.30. The highest BCUT2D eigenvalue weighted by molar-refractivity contribution is 5.95. The summed E-state index contributed by atoms with van der Waals surface area (Å²) in [6, 6.07) is 7.85. The van der Waals surface area contributed by atoms with Gasteiger partial charge in [0.25, 0.3) is 5.91 Å². The van der Waals surface area contributed by atoms with E-state index in [9.17, 15) is 9.59 Å². The molecule has 47 heavy (non-hydrogen) atoms. The predicted octanol–water partition coefficient (Wildman–Crippen LogP) is 4.87. The number of rotatable bonds is 9. The highest BCUT2D eigenvalue weighted by Gasteiger charge is 2.29. The van der Waals surface area contributed by atoms with Crippen LogP contribution in [0.2, 0.25) is 0 Å². The Balaban J connectivity index is 1.15. The van der Waals surface area contributed by atoms with Gasteiger partial charge < -0.3 is 28.8 Å². The molecule has 5 aromatic rings. The second kappa shape index (κ2) is 12.3. The molecule has 2 aliphatic rings. The van der Waals surface area contributed by atoms with Crippen LogP contribution in [0.1, 0.15) is 62.4 Å². The molecule has 13 nitrogen and oxygen atoms in total. The molecule has 0 unspecified atom stereocenters. The van der Waals surface area contributed by atoms with Crippen LogP contribution in [-0.4, -0.2) is 82.2 Å². The maximum atomic E-state index is 13.7. The number of amides is 2. The lowest BCUT2D eigenvalue weighted by atomic mass is 10.0. The van der Waals surface area contributed by atoms with Crippen LogP contribution in [0.4, 0.5) is 4.79 Å². The van der Waals surface area contributed by atoms with Crippen molar-refractivity contribution in [2.45, 2.75) is 78.1 Å². The van der Waals surface area contributed by atoms with Gasteiger partial charge in [-0.05, 0) is 83.6 Å². The van der Waals surface area contributed by atoms with E-state index in [0.717, 1.165) is 52.8 Å². The topological polar surface area (TPSA) is 134 Å². The molecule has 1 saturated carbocycles. The number of piperidine rings is 1. The number of hydrogen-bond donors (Lipinski definition) is 1. The van der Waals surface area contributed by atoms with Crippen molar-refractivity contribution in [1.29, 1.82) is 0 Å². The molecule has 13 heteroatoms. The zero-order chi connectivity index (χ0) is 32.7. The van der Waals surface area contributed by atoms with Gasteiger partial charge in [0.2, 0.25) is 5.88 Å². The third kappa shape index (κ3) is 6.65. The van der Waals surface area contributed by atoms with Crippen molar-refractivity contribution in [3.8, 4) is 17.3 Å². The van der Waals surface area contributed by atoms with Gasteiger partial charge >= 0.3 is 6.09 Å². The molecule has 0 spiro atoms. The first-order valence-electron chi connectivity index (χ1n) is 16.3. The van der Waals surface area contributed by atoms with Gasteiger partial charge in [0.1, 0.15) is 36.1 Å². The third-order valence-electron chi connectivity index (χ3n) is 8.76. The van der Waals surface area contributed by atoms with E-state index in [-0.39, 0.29) is 11.9 Å². The van der Waals surface area contributed by atoms with Crippen LogP contribution in [0.25, 0.3) is 27.8 Å². The number of nitrogens with one attached hydrogen (secondary N) is 1. The first-order chi connectivity index (χ1) is 22.6. The molecular weight excluding hydrogens is 598 g/mol. The molecule has 0 radical (unpaired) electrons. The van der Waals surface area contributed by atoms with Crippen molar-refractivity contribution in [2.75, 3.05) is 19.7 Å². The van der Waals surface area contributed by atoms with E-state index in [1.165, 1.54) is 12.8 Å². The second-order valence-electron chi connectivity index (χ2n) is 13.6. The first-order valence-corrected chi connectivity index (χ1v) is 16.3. The Bertz CT molecular complexity index is 1920. The molecular formula is C34H41N9O4. The number of hydrogen-bond acceptors (Lipinski definition) is 8. The third-order valence-corrected chi connectivity index (χ3v) is 8.76. The molecule has 6 heterocycles. The first kappa shape index (κ1) is 30.7. The Hall–Kier alpha value is -4.94. The summed E-state index contributed by atoms with van der Waals surface area (Å²) in [7, 11) is 0. The molecule has 0 bridgehead atoms. The summed E-state index contributed by atoms with van der Waals surface area (Å²) in [6.45, 7) is 10.6. The Morgan fingerprint density at radius 3 is 2.66 bits per heavy atom. The summed E-state index contributed by atoms with van der Waals surface area (Å²) in [6.07, 6.45) is 10.5. The minimum Gasteiger partial charge on any atom is -0.474 e. The molecule has 1 saturated heterocycles. The van der Waals surface area contributed by atoms with Crippen molar-refractivity contribution in [3.63, 3.8) is 0 Å². The lowest BCUT2D eigenvalue weighted by Gasteiger charge is -2.33. The number of aryl methyl sites for hydroxylation is 1. The van der Waals surface area contributed by atoms with E-state index < -0.39 is 11.7 Å². The number of carbonyl (C=O) groups excluding carboxylic acids is 2. The van der Waals surface area contributed by atoms with E-state index >= 15 is 0 Å². The molecule has 2 amide bonds. The van der Waals surface area contributed by atoms with Gasteiger partial charge in [0, 0.05) is 49.0 Å². The van der Waals surface area contributed by atoms with E-state index in [0.29, 0.717) is 43.6 Å². The average Bonchev–Trinajstić information content (AvgIpc) is 3.40. The highest BCUT2D eigenvalue weighted by Crippen LogP contribution is 2.39. The molecule has 1 aliphatic heterocycles. The molecule has 1 aliphatic carbocycles. The minimum absolute atomic E-state index is 0.0838. The smallest absolute Gasteiger partial charge is 0.407 e. The lowest BCUT2D eigenvalue weighted by molar-refractivity contribution is 0.0452. The van der Waals surface area contributed by atoms with E-state index in [4.69, 9.17) is 14.6 Å². The largest absolute Gasteiger partial charge is 0.474 e. The average molecular weight is 640 g/mol. The van der Waals surface area contributed by atoms with Crippen molar-refractivity contribution < 1.29 is 19.1 Å². The van der Waals surface area contributed by atoms with Crippen LogP contribution in [-0.2, 0) is 17.8 Å². The minimum atomic E-state index is -0.580. The van der Waals surface area contributed by atoms with Gasteiger partial charge in [0.05, 0.1) is 23.3 Å². The number of alkyl carbamates (subject to hydrolysis) is 1. The number of nitrogens with zero attached hydrogens (tertiary/aromatic N) is 8. The maximum Gasteiger partial charge on any atom is 0.407 e. The summed E-state index contributed by atoms with van der Waals surface area (Å²) in [4.78, 5) is 32.4. The van der Waals surface area contributed by atoms with Crippen LogP contribution >= 0.6 is 0 Å². The van der Waals surface area contributed by atoms with Gasteiger partial charge in [-0.2, -0.15) is 5.10 Å². The standard InChI is InChI=1S/C34H41N9O4/c1-22-27-10-9-25(32(44)41-13-5-6-26(19-41)38-33(45)47-34(2,3)4)18-43(27)39-29(22)28-16-24-11-12-35-31(30(24)42(28)17-23-7-8-23)46-15-14-40-20-36-37-21-40/h9-12,16,18,20-21,23,26H,5-8,13-15,17,19H2,1-4H3,(H,38,45)/t26-/m1/s1. The number of ether oxygens (including phenoxy) is 2. The molecule has 2 fully saturated rings. The van der Waals surface area contributed by atoms with Crippen molar-refractivity contribution in [3.05, 3.63) is 60.4 Å². The van der Waals surface area contributed by atoms with E-state index in [1.807, 2.05) is 54.2 Å². The van der Waals surface area contributed by atoms with Crippen LogP contribution in [0.15, 0.2) is 49.3 Å². The molecule has 1 atom stereocenters. The fraction of sp³-hybridized carbons (Fsp3) is 0.471. The lowest BCUT2D eigenvalue weighted by Crippen LogP contribution is -2.50. The number of aromatic nitrogens is 7. The summed E-state index contributed by atoms with van der Waals surface area (Å²) < 4.78 is 17.6. The van der Waals surface area contributed by atoms with Gasteiger partial charge in [-0.1, -0.05) is 0 Å².